The molecule has 3 rings (SSSR count). The number of aryl methyl sites for hydroxylation is 2. The second kappa shape index (κ2) is 7.19. The normalized spacial score (nSPS) is 24.2. The van der Waals surface area contributed by atoms with E-state index in [1.165, 1.54) is 0 Å². The molecule has 0 saturated carbocycles. The quantitative estimate of drug-likeness (QED) is 0.779. The van der Waals surface area contributed by atoms with Gasteiger partial charge < -0.3 is 19.4 Å². The van der Waals surface area contributed by atoms with Crippen LogP contribution in [0.3, 0.4) is 0 Å². The molecule has 7 nitrogen and oxygen atoms in total. The van der Waals surface area contributed by atoms with Crippen LogP contribution in [0.5, 0.6) is 0 Å². The average Bonchev–Trinajstić information content (AvgIpc) is 3.14. The third kappa shape index (κ3) is 3.84. The van der Waals surface area contributed by atoms with Crippen LogP contribution in [0, 0.1) is 6.92 Å². The lowest BCUT2D eigenvalue weighted by molar-refractivity contribution is -0.123. The van der Waals surface area contributed by atoms with E-state index < -0.39 is 0 Å². The predicted octanol–water partition coefficient (Wildman–Crippen LogP) is 0.603. The van der Waals surface area contributed by atoms with E-state index in [1.54, 1.807) is 0 Å². The first-order valence-corrected chi connectivity index (χ1v) is 8.10. The Labute approximate surface area is 130 Å². The summed E-state index contributed by atoms with van der Waals surface area (Å²) in [7, 11) is 0. The van der Waals surface area contributed by atoms with Crippen molar-refractivity contribution in [3.63, 3.8) is 0 Å². The zero-order chi connectivity index (χ0) is 15.4. The fraction of sp³-hybridized carbons (Fsp3) is 0.800. The molecule has 0 bridgehead atoms. The minimum Gasteiger partial charge on any atom is -0.378 e. The zero-order valence-corrected chi connectivity index (χ0v) is 13.1. The SMILES string of the molecule is Cc1nnc2n1CC(NC(=O)CCOCC1CCCO1)CC2. The maximum absolute atomic E-state index is 12.0. The Balaban J connectivity index is 1.34. The molecule has 0 aromatic carbocycles. The van der Waals surface area contributed by atoms with Crippen molar-refractivity contribution in [2.75, 3.05) is 19.8 Å². The minimum atomic E-state index is 0.0477. The van der Waals surface area contributed by atoms with Gasteiger partial charge in [-0.05, 0) is 26.2 Å². The Morgan fingerprint density at radius 3 is 3.18 bits per heavy atom. The van der Waals surface area contributed by atoms with Crippen LogP contribution < -0.4 is 5.32 Å². The molecule has 122 valence electrons. The van der Waals surface area contributed by atoms with Crippen molar-refractivity contribution < 1.29 is 14.3 Å². The van der Waals surface area contributed by atoms with Gasteiger partial charge in [0, 0.05) is 32.0 Å². The van der Waals surface area contributed by atoms with E-state index in [2.05, 4.69) is 20.1 Å². The summed E-state index contributed by atoms with van der Waals surface area (Å²) >= 11 is 0. The lowest BCUT2D eigenvalue weighted by Gasteiger charge is -2.25. The van der Waals surface area contributed by atoms with E-state index in [9.17, 15) is 4.79 Å². The number of amides is 1. The minimum absolute atomic E-state index is 0.0477. The topological polar surface area (TPSA) is 78.3 Å². The van der Waals surface area contributed by atoms with Crippen LogP contribution in [-0.4, -0.2) is 52.6 Å². The first-order chi connectivity index (χ1) is 10.7. The van der Waals surface area contributed by atoms with Crippen molar-refractivity contribution >= 4 is 5.91 Å². The van der Waals surface area contributed by atoms with Gasteiger partial charge in [0.05, 0.1) is 19.3 Å². The first kappa shape index (κ1) is 15.4. The monoisotopic (exact) mass is 308 g/mol. The third-order valence-corrected chi connectivity index (χ3v) is 4.30. The lowest BCUT2D eigenvalue weighted by Crippen LogP contribution is -2.41. The fourth-order valence-corrected chi connectivity index (χ4v) is 3.04. The van der Waals surface area contributed by atoms with Crippen molar-refractivity contribution in [3.8, 4) is 0 Å². The van der Waals surface area contributed by atoms with Crippen LogP contribution in [0.15, 0.2) is 0 Å². The number of ether oxygens (including phenoxy) is 2. The molecule has 7 heteroatoms. The molecule has 1 amide bonds. The summed E-state index contributed by atoms with van der Waals surface area (Å²) < 4.78 is 13.1. The van der Waals surface area contributed by atoms with Gasteiger partial charge in [0.1, 0.15) is 11.6 Å². The molecule has 1 fully saturated rings. The Morgan fingerprint density at radius 1 is 1.45 bits per heavy atom. The van der Waals surface area contributed by atoms with E-state index >= 15 is 0 Å². The van der Waals surface area contributed by atoms with Gasteiger partial charge in [-0.2, -0.15) is 0 Å². The molecule has 0 spiro atoms. The molecule has 2 atom stereocenters. The Morgan fingerprint density at radius 2 is 2.36 bits per heavy atom. The second-order valence-electron chi connectivity index (χ2n) is 6.04. The summed E-state index contributed by atoms with van der Waals surface area (Å²) in [4.78, 5) is 12.0. The largest absolute Gasteiger partial charge is 0.378 e. The Bertz CT molecular complexity index is 511. The summed E-state index contributed by atoms with van der Waals surface area (Å²) in [5.41, 5.74) is 0. The van der Waals surface area contributed by atoms with Gasteiger partial charge in [-0.15, -0.1) is 10.2 Å². The van der Waals surface area contributed by atoms with Gasteiger partial charge in [-0.25, -0.2) is 0 Å². The molecule has 1 aromatic rings. The molecule has 0 aliphatic carbocycles. The van der Waals surface area contributed by atoms with Crippen LogP contribution in [0.25, 0.3) is 0 Å². The van der Waals surface area contributed by atoms with Crippen LogP contribution in [0.4, 0.5) is 0 Å². The van der Waals surface area contributed by atoms with Gasteiger partial charge in [-0.3, -0.25) is 4.79 Å². The van der Waals surface area contributed by atoms with Crippen LogP contribution >= 0.6 is 0 Å². The van der Waals surface area contributed by atoms with E-state index in [0.29, 0.717) is 19.6 Å². The van der Waals surface area contributed by atoms with E-state index in [4.69, 9.17) is 9.47 Å². The number of nitrogens with one attached hydrogen (secondary N) is 1. The van der Waals surface area contributed by atoms with Gasteiger partial charge in [0.15, 0.2) is 0 Å². The molecule has 2 aliphatic rings. The van der Waals surface area contributed by atoms with E-state index in [-0.39, 0.29) is 18.1 Å². The average molecular weight is 308 g/mol. The summed E-state index contributed by atoms with van der Waals surface area (Å²) in [6, 6.07) is 0.160. The van der Waals surface area contributed by atoms with Crippen molar-refractivity contribution in [2.45, 2.75) is 57.7 Å². The molecular weight excluding hydrogens is 284 g/mol. The Hall–Kier alpha value is -1.47. The molecule has 1 aromatic heterocycles. The van der Waals surface area contributed by atoms with Gasteiger partial charge >= 0.3 is 0 Å². The summed E-state index contributed by atoms with van der Waals surface area (Å²) in [6.45, 7) is 4.59. The van der Waals surface area contributed by atoms with Crippen molar-refractivity contribution in [1.82, 2.24) is 20.1 Å². The number of hydrogen-bond acceptors (Lipinski definition) is 5. The number of hydrogen-bond donors (Lipinski definition) is 1. The van der Waals surface area contributed by atoms with Crippen molar-refractivity contribution in [1.29, 1.82) is 0 Å². The van der Waals surface area contributed by atoms with Crippen LogP contribution in [0.2, 0.25) is 0 Å². The third-order valence-electron chi connectivity index (χ3n) is 4.30. The van der Waals surface area contributed by atoms with Gasteiger partial charge in [-0.1, -0.05) is 0 Å². The molecule has 2 unspecified atom stereocenters. The molecular formula is C15H24N4O3. The standard InChI is InChI=1S/C15H24N4O3/c1-11-17-18-14-5-4-12(9-19(11)14)16-15(20)6-8-21-10-13-3-2-7-22-13/h12-13H,2-10H2,1H3,(H,16,20). The summed E-state index contributed by atoms with van der Waals surface area (Å²) in [5.74, 6) is 1.98. The Kier molecular flexibility index (Phi) is 5.04. The number of rotatable bonds is 6. The molecule has 1 saturated heterocycles. The predicted molar refractivity (Wildman–Crippen MR) is 79.4 cm³/mol. The van der Waals surface area contributed by atoms with E-state index in [0.717, 1.165) is 50.5 Å². The molecule has 2 aliphatic heterocycles. The zero-order valence-electron chi connectivity index (χ0n) is 13.1. The van der Waals surface area contributed by atoms with Crippen LogP contribution in [0.1, 0.15) is 37.3 Å². The highest BCUT2D eigenvalue weighted by Crippen LogP contribution is 2.15. The highest BCUT2D eigenvalue weighted by molar-refractivity contribution is 5.76. The number of carbonyl (C=O) groups excluding carboxylic acids is 1. The van der Waals surface area contributed by atoms with Gasteiger partial charge in [0.2, 0.25) is 5.91 Å². The van der Waals surface area contributed by atoms with Gasteiger partial charge in [0.25, 0.3) is 0 Å². The number of aromatic nitrogens is 3. The number of carbonyl (C=O) groups is 1. The summed E-state index contributed by atoms with van der Waals surface area (Å²) in [6.07, 6.45) is 4.57. The molecule has 1 N–H and O–H groups in total. The smallest absolute Gasteiger partial charge is 0.222 e. The second-order valence-corrected chi connectivity index (χ2v) is 6.04. The maximum Gasteiger partial charge on any atom is 0.222 e. The lowest BCUT2D eigenvalue weighted by atomic mass is 10.1. The number of fused-ring (bicyclic) bond motifs is 1. The van der Waals surface area contributed by atoms with E-state index in [1.807, 2.05) is 6.92 Å². The molecule has 22 heavy (non-hydrogen) atoms. The molecule has 3 heterocycles. The van der Waals surface area contributed by atoms with Crippen LogP contribution in [-0.2, 0) is 27.2 Å². The van der Waals surface area contributed by atoms with Crippen molar-refractivity contribution in [2.24, 2.45) is 0 Å². The maximum atomic E-state index is 12.0. The molecule has 0 radical (unpaired) electrons. The summed E-state index contributed by atoms with van der Waals surface area (Å²) in [5, 5.41) is 11.3. The first-order valence-electron chi connectivity index (χ1n) is 8.10. The van der Waals surface area contributed by atoms with Crippen molar-refractivity contribution in [3.05, 3.63) is 11.6 Å². The fourth-order valence-electron chi connectivity index (χ4n) is 3.04. The highest BCUT2D eigenvalue weighted by atomic mass is 16.5. The highest BCUT2D eigenvalue weighted by Gasteiger charge is 2.22. The number of nitrogens with zero attached hydrogens (tertiary/aromatic N) is 3.